The standard InChI is InChI=1S/C6H8BrN3O2/c7-2-1-5(11)9-3-4-10-6(8)12/h3-4H2,(H,9,11)(H3,8,10,12). The third-order valence-electron chi connectivity index (χ3n) is 0.871. The number of nitrogens with two attached hydrogens (primary N) is 1. The molecule has 0 bridgehead atoms. The molecule has 0 radical (unpaired) electrons. The van der Waals surface area contributed by atoms with Crippen LogP contribution in [0.4, 0.5) is 4.79 Å². The van der Waals surface area contributed by atoms with Crippen LogP contribution in [0.1, 0.15) is 0 Å². The number of carbonyl (C=O) groups is 2. The minimum absolute atomic E-state index is 0.297. The van der Waals surface area contributed by atoms with Crippen LogP contribution in [0.2, 0.25) is 0 Å². The maximum absolute atomic E-state index is 10.6. The number of hydrogen-bond acceptors (Lipinski definition) is 2. The lowest BCUT2D eigenvalue weighted by Gasteiger charge is -2.00. The summed E-state index contributed by atoms with van der Waals surface area (Å²) in [5.74, 6) is 1.80. The van der Waals surface area contributed by atoms with Gasteiger partial charge in [-0.2, -0.15) is 0 Å². The Morgan fingerprint density at radius 2 is 1.92 bits per heavy atom. The number of halogens is 1. The van der Waals surface area contributed by atoms with Gasteiger partial charge in [0.05, 0.1) is 0 Å². The van der Waals surface area contributed by atoms with Gasteiger partial charge in [0.2, 0.25) is 0 Å². The van der Waals surface area contributed by atoms with Crippen molar-refractivity contribution in [2.45, 2.75) is 0 Å². The van der Waals surface area contributed by atoms with Crippen LogP contribution in [0, 0.1) is 10.8 Å². The molecule has 66 valence electrons. The third-order valence-corrected chi connectivity index (χ3v) is 1.07. The molecule has 0 aliphatic carbocycles. The molecule has 0 spiro atoms. The van der Waals surface area contributed by atoms with Crippen molar-refractivity contribution in [3.05, 3.63) is 0 Å². The Bertz CT molecular complexity index is 231. The number of hydrogen-bond donors (Lipinski definition) is 3. The van der Waals surface area contributed by atoms with Crippen molar-refractivity contribution in [2.75, 3.05) is 13.1 Å². The molecule has 0 fully saturated rings. The summed E-state index contributed by atoms with van der Waals surface area (Å²) in [5, 5.41) is 4.73. The van der Waals surface area contributed by atoms with E-state index in [0.29, 0.717) is 13.1 Å². The second-order valence-corrected chi connectivity index (χ2v) is 2.16. The van der Waals surface area contributed by atoms with Gasteiger partial charge >= 0.3 is 6.03 Å². The van der Waals surface area contributed by atoms with Crippen molar-refractivity contribution in [1.82, 2.24) is 10.6 Å². The average molecular weight is 234 g/mol. The first kappa shape index (κ1) is 10.8. The van der Waals surface area contributed by atoms with Crippen LogP contribution in [0.15, 0.2) is 0 Å². The summed E-state index contributed by atoms with van der Waals surface area (Å²) in [6.07, 6.45) is 0. The van der Waals surface area contributed by atoms with Gasteiger partial charge in [-0.25, -0.2) is 4.79 Å². The van der Waals surface area contributed by atoms with Crippen LogP contribution in [-0.2, 0) is 4.79 Å². The number of amides is 3. The fourth-order valence-corrected chi connectivity index (χ4v) is 0.629. The van der Waals surface area contributed by atoms with Crippen LogP contribution in [0.5, 0.6) is 0 Å². The molecule has 0 rings (SSSR count). The fraction of sp³-hybridized carbons (Fsp3) is 0.333. The molecule has 5 nitrogen and oxygen atoms in total. The Hall–Kier alpha value is -1.22. The van der Waals surface area contributed by atoms with E-state index in [0.717, 1.165) is 0 Å². The second kappa shape index (κ2) is 6.49. The molecule has 0 unspecified atom stereocenters. The Kier molecular flexibility index (Phi) is 5.83. The van der Waals surface area contributed by atoms with E-state index in [2.05, 4.69) is 37.3 Å². The van der Waals surface area contributed by atoms with Gasteiger partial charge in [0, 0.05) is 34.9 Å². The monoisotopic (exact) mass is 233 g/mol. The molecule has 0 aliphatic heterocycles. The highest BCUT2D eigenvalue weighted by atomic mass is 79.9. The first-order valence-electron chi connectivity index (χ1n) is 3.09. The predicted octanol–water partition coefficient (Wildman–Crippen LogP) is -0.873. The lowest BCUT2D eigenvalue weighted by molar-refractivity contribution is -0.115. The molecule has 3 amide bonds. The molecule has 0 saturated carbocycles. The summed E-state index contributed by atoms with van der Waals surface area (Å²) in [7, 11) is 0. The van der Waals surface area contributed by atoms with Crippen molar-refractivity contribution >= 4 is 27.9 Å². The summed E-state index contributed by atoms with van der Waals surface area (Å²) in [6, 6.07) is -0.615. The number of nitrogens with one attached hydrogen (secondary N) is 2. The first-order valence-corrected chi connectivity index (χ1v) is 3.89. The minimum atomic E-state index is -0.615. The average Bonchev–Trinajstić information content (AvgIpc) is 1.98. The zero-order valence-electron chi connectivity index (χ0n) is 6.19. The first-order chi connectivity index (χ1) is 5.66. The molecule has 0 atom stereocenters. The van der Waals surface area contributed by atoms with Crippen molar-refractivity contribution in [2.24, 2.45) is 5.73 Å². The highest BCUT2D eigenvalue weighted by Crippen LogP contribution is 1.69. The second-order valence-electron chi connectivity index (χ2n) is 1.77. The number of carbonyl (C=O) groups excluding carboxylic acids is 2. The molecular formula is C6H8BrN3O2. The van der Waals surface area contributed by atoms with Crippen LogP contribution in [-0.4, -0.2) is 25.0 Å². The lowest BCUT2D eigenvalue weighted by Crippen LogP contribution is -2.36. The van der Waals surface area contributed by atoms with Crippen molar-refractivity contribution in [1.29, 1.82) is 0 Å². The molecule has 6 heteroatoms. The van der Waals surface area contributed by atoms with E-state index in [1.165, 1.54) is 0 Å². The van der Waals surface area contributed by atoms with Gasteiger partial charge in [-0.3, -0.25) is 4.79 Å². The van der Waals surface area contributed by atoms with Gasteiger partial charge in [-0.15, -0.1) is 0 Å². The fourth-order valence-electron chi connectivity index (χ4n) is 0.449. The quantitative estimate of drug-likeness (QED) is 0.438. The van der Waals surface area contributed by atoms with Gasteiger partial charge in [0.25, 0.3) is 5.91 Å². The van der Waals surface area contributed by atoms with Crippen molar-refractivity contribution < 1.29 is 9.59 Å². The van der Waals surface area contributed by atoms with E-state index in [1.54, 1.807) is 0 Å². The van der Waals surface area contributed by atoms with Crippen LogP contribution in [0.25, 0.3) is 0 Å². The summed E-state index contributed by atoms with van der Waals surface area (Å²) < 4.78 is 0. The number of primary amides is 1. The molecule has 0 heterocycles. The topological polar surface area (TPSA) is 84.2 Å². The zero-order valence-corrected chi connectivity index (χ0v) is 7.77. The third kappa shape index (κ3) is 6.89. The number of rotatable bonds is 3. The summed E-state index contributed by atoms with van der Waals surface area (Å²) in [4.78, 5) is 23.0. The highest BCUT2D eigenvalue weighted by molar-refractivity contribution is 9.12. The Labute approximate surface area is 78.2 Å². The molecule has 0 aromatic carbocycles. The van der Waals surface area contributed by atoms with Crippen LogP contribution >= 0.6 is 15.9 Å². The van der Waals surface area contributed by atoms with E-state index in [4.69, 9.17) is 5.73 Å². The Morgan fingerprint density at radius 3 is 2.42 bits per heavy atom. The van der Waals surface area contributed by atoms with Crippen molar-refractivity contribution in [3.8, 4) is 10.8 Å². The van der Waals surface area contributed by atoms with Crippen LogP contribution in [0.3, 0.4) is 0 Å². The minimum Gasteiger partial charge on any atom is -0.352 e. The summed E-state index contributed by atoms with van der Waals surface area (Å²) in [6.45, 7) is 0.606. The maximum Gasteiger partial charge on any atom is 0.312 e. The normalized spacial score (nSPS) is 7.75. The predicted molar refractivity (Wildman–Crippen MR) is 47.3 cm³/mol. The van der Waals surface area contributed by atoms with E-state index in [-0.39, 0.29) is 0 Å². The van der Waals surface area contributed by atoms with Crippen LogP contribution < -0.4 is 16.4 Å². The molecule has 4 N–H and O–H groups in total. The Morgan fingerprint density at radius 1 is 1.33 bits per heavy atom. The molecule has 0 saturated heterocycles. The van der Waals surface area contributed by atoms with E-state index in [9.17, 15) is 9.59 Å². The van der Waals surface area contributed by atoms with E-state index in [1.807, 2.05) is 0 Å². The highest BCUT2D eigenvalue weighted by Gasteiger charge is 1.94. The smallest absolute Gasteiger partial charge is 0.312 e. The molecule has 0 aromatic heterocycles. The van der Waals surface area contributed by atoms with E-state index >= 15 is 0 Å². The maximum atomic E-state index is 10.6. The lowest BCUT2D eigenvalue weighted by atomic mass is 10.5. The van der Waals surface area contributed by atoms with Gasteiger partial charge < -0.3 is 16.4 Å². The summed E-state index contributed by atoms with van der Waals surface area (Å²) >= 11 is 2.77. The number of urea groups is 1. The molecule has 12 heavy (non-hydrogen) atoms. The van der Waals surface area contributed by atoms with Gasteiger partial charge in [0.1, 0.15) is 0 Å². The van der Waals surface area contributed by atoms with Gasteiger partial charge in [0.15, 0.2) is 0 Å². The van der Waals surface area contributed by atoms with Crippen molar-refractivity contribution in [3.63, 3.8) is 0 Å². The summed E-state index contributed by atoms with van der Waals surface area (Å²) in [5.41, 5.74) is 4.77. The molecule has 0 aromatic rings. The van der Waals surface area contributed by atoms with Gasteiger partial charge in [-0.1, -0.05) is 0 Å². The largest absolute Gasteiger partial charge is 0.352 e. The van der Waals surface area contributed by atoms with E-state index < -0.39 is 11.9 Å². The van der Waals surface area contributed by atoms with Gasteiger partial charge in [-0.05, 0) is 4.83 Å². The molecule has 0 aliphatic rings. The zero-order chi connectivity index (χ0) is 9.40. The molecular weight excluding hydrogens is 226 g/mol. The Balaban J connectivity index is 3.36. The SMILES string of the molecule is NC(=O)NCCNC(=O)C#CBr.